The highest BCUT2D eigenvalue weighted by Gasteiger charge is 2.42. The van der Waals surface area contributed by atoms with Crippen LogP contribution in [0, 0.1) is 17.2 Å². The number of hydrogen-bond acceptors (Lipinski definition) is 10. The molecule has 2 fully saturated rings. The molecule has 44 heavy (non-hydrogen) atoms. The van der Waals surface area contributed by atoms with E-state index in [1.54, 1.807) is 23.5 Å². The van der Waals surface area contributed by atoms with Crippen molar-refractivity contribution >= 4 is 51.5 Å². The summed E-state index contributed by atoms with van der Waals surface area (Å²) < 4.78 is 0. The number of nitrogens with one attached hydrogen (secondary N) is 2. The zero-order valence-electron chi connectivity index (χ0n) is 25.4. The smallest absolute Gasteiger partial charge is 0.254 e. The Hall–Kier alpha value is -4.76. The van der Waals surface area contributed by atoms with Crippen LogP contribution in [0.15, 0.2) is 42.9 Å². The average Bonchev–Trinajstić information content (AvgIpc) is 3.51. The van der Waals surface area contributed by atoms with Crippen molar-refractivity contribution in [3.63, 3.8) is 0 Å². The Bertz CT molecular complexity index is 1730. The van der Waals surface area contributed by atoms with Gasteiger partial charge >= 0.3 is 0 Å². The van der Waals surface area contributed by atoms with Gasteiger partial charge in [-0.3, -0.25) is 14.8 Å². The second-order valence-electron chi connectivity index (χ2n) is 12.3. The number of benzene rings is 1. The maximum absolute atomic E-state index is 14.2. The third-order valence-corrected chi connectivity index (χ3v) is 9.36. The van der Waals surface area contributed by atoms with Crippen molar-refractivity contribution in [2.24, 2.45) is 5.92 Å². The highest BCUT2D eigenvalue weighted by Crippen LogP contribution is 2.44. The Labute approximate surface area is 256 Å². The van der Waals surface area contributed by atoms with Crippen molar-refractivity contribution in [1.82, 2.24) is 30.0 Å². The number of aromatic nitrogens is 5. The van der Waals surface area contributed by atoms with Crippen molar-refractivity contribution in [2.45, 2.75) is 51.6 Å². The number of piperazine rings is 1. The number of anilines is 6. The minimum atomic E-state index is -0.435. The van der Waals surface area contributed by atoms with Gasteiger partial charge in [-0.2, -0.15) is 15.3 Å². The number of fused-ring (bicyclic) bond motifs is 2. The number of hydrogen-bond donors (Lipinski definition) is 2. The SMILES string of the molecule is CC1CCC(N2c3nc(Nc4cnc5[nH]ncc5c4)ncc3N(c3ccc(N4CCN(C)CC4)c(C#N)c3)C(=O)[C@H]2C)CC1. The summed E-state index contributed by atoms with van der Waals surface area (Å²) in [4.78, 5) is 36.7. The molecule has 1 atom stereocenters. The first kappa shape index (κ1) is 28.0. The summed E-state index contributed by atoms with van der Waals surface area (Å²) >= 11 is 0. The number of carbonyl (C=O) groups excluding carboxylic acids is 1. The molecule has 1 aliphatic carbocycles. The van der Waals surface area contributed by atoms with Crippen LogP contribution in [0.2, 0.25) is 0 Å². The molecule has 2 N–H and O–H groups in total. The third-order valence-electron chi connectivity index (χ3n) is 9.36. The molecule has 7 rings (SSSR count). The minimum Gasteiger partial charge on any atom is -0.368 e. The summed E-state index contributed by atoms with van der Waals surface area (Å²) in [7, 11) is 2.11. The van der Waals surface area contributed by atoms with Crippen molar-refractivity contribution in [3.8, 4) is 6.07 Å². The summed E-state index contributed by atoms with van der Waals surface area (Å²) in [6.45, 7) is 7.86. The summed E-state index contributed by atoms with van der Waals surface area (Å²) in [6.07, 6.45) is 9.40. The maximum atomic E-state index is 14.2. The van der Waals surface area contributed by atoms with Gasteiger partial charge in [-0.1, -0.05) is 6.92 Å². The number of amides is 1. The van der Waals surface area contributed by atoms with E-state index in [-0.39, 0.29) is 11.9 Å². The summed E-state index contributed by atoms with van der Waals surface area (Å²) in [5.74, 6) is 1.76. The van der Waals surface area contributed by atoms with Crippen molar-refractivity contribution in [1.29, 1.82) is 5.26 Å². The van der Waals surface area contributed by atoms with Crippen LogP contribution in [-0.2, 0) is 4.79 Å². The molecule has 0 radical (unpaired) electrons. The number of H-pyrrole nitrogens is 1. The minimum absolute atomic E-state index is 0.0497. The molecule has 1 aromatic carbocycles. The van der Waals surface area contributed by atoms with Crippen molar-refractivity contribution in [3.05, 3.63) is 48.4 Å². The van der Waals surface area contributed by atoms with E-state index in [4.69, 9.17) is 4.98 Å². The number of aromatic amines is 1. The Morgan fingerprint density at radius 1 is 0.977 bits per heavy atom. The van der Waals surface area contributed by atoms with Gasteiger partial charge < -0.3 is 20.0 Å². The van der Waals surface area contributed by atoms with Gasteiger partial charge in [0, 0.05) is 37.6 Å². The van der Waals surface area contributed by atoms with Crippen LogP contribution in [0.25, 0.3) is 11.0 Å². The van der Waals surface area contributed by atoms with Gasteiger partial charge in [0.2, 0.25) is 5.95 Å². The monoisotopic (exact) mass is 591 g/mol. The lowest BCUT2D eigenvalue weighted by molar-refractivity contribution is -0.119. The number of carbonyl (C=O) groups is 1. The molecule has 4 aromatic rings. The number of likely N-dealkylation sites (N-methyl/N-ethyl adjacent to an activating group) is 1. The molecule has 1 saturated heterocycles. The van der Waals surface area contributed by atoms with Crippen LogP contribution in [-0.4, -0.2) is 81.3 Å². The summed E-state index contributed by atoms with van der Waals surface area (Å²) in [5, 5.41) is 21.3. The van der Waals surface area contributed by atoms with Gasteiger partial charge in [-0.05, 0) is 69.8 Å². The van der Waals surface area contributed by atoms with Crippen LogP contribution < -0.4 is 20.0 Å². The quantitative estimate of drug-likeness (QED) is 0.340. The molecule has 12 nitrogen and oxygen atoms in total. The Balaban J connectivity index is 1.27. The predicted octanol–water partition coefficient (Wildman–Crippen LogP) is 4.57. The standard InChI is InChI=1S/C32H37N11O/c1-20-4-6-25(7-5-20)42-21(2)31(44)43(26-8-9-27(22(15-26)16-33)41-12-10-40(3)11-13-41)28-19-35-32(38-30(28)42)37-24-14-23-17-36-39-29(23)34-18-24/h8-9,14-15,17-21,25H,4-7,10-13H2,1-3H3,(H,34,36,39)(H,35,37,38)/t20?,21-,25?/m1/s1. The Morgan fingerprint density at radius 2 is 1.77 bits per heavy atom. The first-order valence-electron chi connectivity index (χ1n) is 15.4. The van der Waals surface area contributed by atoms with Crippen LogP contribution in [0.3, 0.4) is 0 Å². The topological polar surface area (TPSA) is 133 Å². The van der Waals surface area contributed by atoms with Gasteiger partial charge in [-0.25, -0.2) is 9.97 Å². The lowest BCUT2D eigenvalue weighted by Gasteiger charge is -2.46. The van der Waals surface area contributed by atoms with Crippen LogP contribution >= 0.6 is 0 Å². The van der Waals surface area contributed by atoms with E-state index >= 15 is 0 Å². The fraction of sp³-hybridized carbons (Fsp3) is 0.438. The maximum Gasteiger partial charge on any atom is 0.254 e. The molecule has 0 spiro atoms. The zero-order valence-corrected chi connectivity index (χ0v) is 25.4. The predicted molar refractivity (Wildman–Crippen MR) is 171 cm³/mol. The van der Waals surface area contributed by atoms with Crippen molar-refractivity contribution in [2.75, 3.05) is 53.2 Å². The molecule has 2 aliphatic heterocycles. The fourth-order valence-electron chi connectivity index (χ4n) is 6.77. The lowest BCUT2D eigenvalue weighted by atomic mass is 9.85. The number of nitrogens with zero attached hydrogens (tertiary/aromatic N) is 9. The number of nitriles is 1. The van der Waals surface area contributed by atoms with E-state index in [1.165, 1.54) is 0 Å². The van der Waals surface area contributed by atoms with Gasteiger partial charge in [0.15, 0.2) is 11.5 Å². The summed E-state index contributed by atoms with van der Waals surface area (Å²) in [5.41, 5.74) is 4.17. The molecular formula is C32H37N11O. The molecule has 12 heteroatoms. The Kier molecular flexibility index (Phi) is 7.26. The summed E-state index contributed by atoms with van der Waals surface area (Å²) in [6, 6.07) is 9.85. The first-order valence-corrected chi connectivity index (χ1v) is 15.4. The molecular weight excluding hydrogens is 554 g/mol. The fourth-order valence-corrected chi connectivity index (χ4v) is 6.77. The van der Waals surface area contributed by atoms with E-state index in [2.05, 4.69) is 60.2 Å². The largest absolute Gasteiger partial charge is 0.368 e. The highest BCUT2D eigenvalue weighted by molar-refractivity contribution is 6.10. The van der Waals surface area contributed by atoms with E-state index in [9.17, 15) is 10.1 Å². The van der Waals surface area contributed by atoms with Gasteiger partial charge in [0.25, 0.3) is 5.91 Å². The van der Waals surface area contributed by atoms with Crippen LogP contribution in [0.1, 0.15) is 45.1 Å². The van der Waals surface area contributed by atoms with Gasteiger partial charge in [0.05, 0.1) is 41.2 Å². The number of pyridine rings is 1. The molecule has 0 unspecified atom stereocenters. The Morgan fingerprint density at radius 3 is 2.55 bits per heavy atom. The molecule has 1 saturated carbocycles. The second-order valence-corrected chi connectivity index (χ2v) is 12.3. The van der Waals surface area contributed by atoms with Crippen molar-refractivity contribution < 1.29 is 4.79 Å². The van der Waals surface area contributed by atoms with Gasteiger partial charge in [-0.15, -0.1) is 0 Å². The first-order chi connectivity index (χ1) is 21.4. The molecule has 226 valence electrons. The highest BCUT2D eigenvalue weighted by atomic mass is 16.2. The molecule has 3 aliphatic rings. The molecule has 1 amide bonds. The van der Waals surface area contributed by atoms with E-state index in [1.807, 2.05) is 31.2 Å². The van der Waals surface area contributed by atoms with Crippen LogP contribution in [0.4, 0.5) is 34.5 Å². The molecule has 0 bridgehead atoms. The average molecular weight is 592 g/mol. The number of rotatable bonds is 5. The molecule has 5 heterocycles. The lowest BCUT2D eigenvalue weighted by Crippen LogP contribution is -2.55. The van der Waals surface area contributed by atoms with E-state index in [0.717, 1.165) is 68.6 Å². The zero-order chi connectivity index (χ0) is 30.4. The third kappa shape index (κ3) is 5.07. The molecule has 3 aromatic heterocycles. The van der Waals surface area contributed by atoms with Crippen LogP contribution in [0.5, 0.6) is 0 Å². The van der Waals surface area contributed by atoms with Gasteiger partial charge in [0.1, 0.15) is 17.8 Å². The second kappa shape index (κ2) is 11.4. The normalized spacial score (nSPS) is 22.6. The van der Waals surface area contributed by atoms with E-state index in [0.29, 0.717) is 40.3 Å². The van der Waals surface area contributed by atoms with E-state index < -0.39 is 6.04 Å².